The second kappa shape index (κ2) is 7.69. The lowest BCUT2D eigenvalue weighted by atomic mass is 10.3. The van der Waals surface area contributed by atoms with E-state index in [2.05, 4.69) is 25.4 Å². The summed E-state index contributed by atoms with van der Waals surface area (Å²) in [6, 6.07) is -0.945. The van der Waals surface area contributed by atoms with Crippen molar-refractivity contribution in [3.63, 3.8) is 0 Å². The van der Waals surface area contributed by atoms with Gasteiger partial charge in [0.2, 0.25) is 0 Å². The first-order valence-electron chi connectivity index (χ1n) is 3.70. The minimum absolute atomic E-state index is 0.149. The van der Waals surface area contributed by atoms with Crippen LogP contribution in [0.4, 0.5) is 0 Å². The van der Waals surface area contributed by atoms with E-state index >= 15 is 0 Å². The third-order valence-electron chi connectivity index (χ3n) is 1.29. The second-order valence-corrected chi connectivity index (χ2v) is 2.21. The standard InChI is InChI=1S/C5H9N7O2/c6-11-9-2-1-8-4(5(13)14)3-10-12-7/h4,8H,1-3H2,(H,13,14). The highest BCUT2D eigenvalue weighted by atomic mass is 16.4. The fourth-order valence-electron chi connectivity index (χ4n) is 0.682. The quantitative estimate of drug-likeness (QED) is 0.268. The van der Waals surface area contributed by atoms with Crippen LogP contribution in [0.3, 0.4) is 0 Å². The Bertz CT molecular complexity index is 278. The van der Waals surface area contributed by atoms with Crippen molar-refractivity contribution in [2.45, 2.75) is 6.04 Å². The topological polar surface area (TPSA) is 147 Å². The van der Waals surface area contributed by atoms with E-state index in [0.717, 1.165) is 0 Å². The Hall–Kier alpha value is -1.95. The number of nitrogens with zero attached hydrogens (tertiary/aromatic N) is 6. The Balaban J connectivity index is 3.90. The fourth-order valence-corrected chi connectivity index (χ4v) is 0.682. The van der Waals surface area contributed by atoms with E-state index < -0.39 is 12.0 Å². The Morgan fingerprint density at radius 1 is 1.43 bits per heavy atom. The molecule has 0 saturated heterocycles. The van der Waals surface area contributed by atoms with Gasteiger partial charge in [0.15, 0.2) is 0 Å². The molecule has 0 bridgehead atoms. The predicted molar refractivity (Wildman–Crippen MR) is 47.5 cm³/mol. The predicted octanol–water partition coefficient (Wildman–Crippen LogP) is 0.650. The van der Waals surface area contributed by atoms with Crippen LogP contribution in [0.2, 0.25) is 0 Å². The number of azide groups is 2. The SMILES string of the molecule is [N-]=[N+]=NCCNC(CN=[N+]=[N-])C(=O)O. The summed E-state index contributed by atoms with van der Waals surface area (Å²) in [6.45, 7) is 0.195. The first kappa shape index (κ1) is 12.0. The van der Waals surface area contributed by atoms with Crippen molar-refractivity contribution in [2.75, 3.05) is 19.6 Å². The van der Waals surface area contributed by atoms with Crippen molar-refractivity contribution in [2.24, 2.45) is 10.2 Å². The number of carboxylic acid groups (broad SMARTS) is 1. The number of carbonyl (C=O) groups is 1. The summed E-state index contributed by atoms with van der Waals surface area (Å²) in [5.41, 5.74) is 15.9. The third kappa shape index (κ3) is 5.67. The molecule has 0 aromatic carbocycles. The van der Waals surface area contributed by atoms with E-state index in [4.69, 9.17) is 16.2 Å². The molecule has 0 aliphatic heterocycles. The number of nitrogens with one attached hydrogen (secondary N) is 1. The summed E-state index contributed by atoms with van der Waals surface area (Å²) in [5.74, 6) is -1.11. The van der Waals surface area contributed by atoms with Gasteiger partial charge in [0, 0.05) is 22.9 Å². The van der Waals surface area contributed by atoms with E-state index in [1.54, 1.807) is 0 Å². The molecule has 0 aliphatic rings. The molecule has 0 fully saturated rings. The summed E-state index contributed by atoms with van der Waals surface area (Å²) in [7, 11) is 0. The molecule has 9 heteroatoms. The van der Waals surface area contributed by atoms with E-state index in [1.165, 1.54) is 0 Å². The van der Waals surface area contributed by atoms with Gasteiger partial charge in [0.25, 0.3) is 0 Å². The third-order valence-corrected chi connectivity index (χ3v) is 1.29. The van der Waals surface area contributed by atoms with Gasteiger partial charge >= 0.3 is 5.97 Å². The largest absolute Gasteiger partial charge is 0.480 e. The van der Waals surface area contributed by atoms with Gasteiger partial charge in [0.05, 0.1) is 6.54 Å². The van der Waals surface area contributed by atoms with Crippen LogP contribution in [0.1, 0.15) is 0 Å². The lowest BCUT2D eigenvalue weighted by Crippen LogP contribution is -2.40. The number of rotatable bonds is 7. The minimum atomic E-state index is -1.11. The van der Waals surface area contributed by atoms with Crippen molar-refractivity contribution < 1.29 is 9.90 Å². The second-order valence-electron chi connectivity index (χ2n) is 2.21. The van der Waals surface area contributed by atoms with Crippen LogP contribution >= 0.6 is 0 Å². The highest BCUT2D eigenvalue weighted by molar-refractivity contribution is 5.73. The van der Waals surface area contributed by atoms with Crippen molar-refractivity contribution in [1.82, 2.24) is 5.32 Å². The van der Waals surface area contributed by atoms with Crippen LogP contribution in [-0.4, -0.2) is 36.8 Å². The Labute approximate surface area is 79.0 Å². The van der Waals surface area contributed by atoms with Crippen molar-refractivity contribution in [3.05, 3.63) is 20.9 Å². The number of hydrogen-bond acceptors (Lipinski definition) is 4. The van der Waals surface area contributed by atoms with Crippen LogP contribution in [0, 0.1) is 0 Å². The molecule has 2 N–H and O–H groups in total. The smallest absolute Gasteiger partial charge is 0.320 e. The minimum Gasteiger partial charge on any atom is -0.480 e. The maximum atomic E-state index is 10.5. The maximum Gasteiger partial charge on any atom is 0.320 e. The lowest BCUT2D eigenvalue weighted by Gasteiger charge is -2.09. The molecule has 1 unspecified atom stereocenters. The van der Waals surface area contributed by atoms with Gasteiger partial charge in [-0.15, -0.1) is 0 Å². The number of aliphatic carboxylic acids is 1. The fraction of sp³-hybridized carbons (Fsp3) is 0.800. The van der Waals surface area contributed by atoms with Crippen LogP contribution in [0.25, 0.3) is 20.9 Å². The molecular weight excluding hydrogens is 190 g/mol. The average Bonchev–Trinajstić information content (AvgIpc) is 2.16. The van der Waals surface area contributed by atoms with Crippen molar-refractivity contribution in [3.8, 4) is 0 Å². The monoisotopic (exact) mass is 199 g/mol. The van der Waals surface area contributed by atoms with Crippen LogP contribution in [-0.2, 0) is 4.79 Å². The molecule has 0 saturated carbocycles. The van der Waals surface area contributed by atoms with Crippen LogP contribution < -0.4 is 5.32 Å². The van der Waals surface area contributed by atoms with Crippen molar-refractivity contribution >= 4 is 5.97 Å². The van der Waals surface area contributed by atoms with Gasteiger partial charge < -0.3 is 10.4 Å². The van der Waals surface area contributed by atoms with E-state index in [1.807, 2.05) is 0 Å². The molecule has 0 spiro atoms. The molecule has 0 aliphatic carbocycles. The summed E-state index contributed by atoms with van der Waals surface area (Å²) in [4.78, 5) is 15.5. The molecule has 76 valence electrons. The molecule has 0 radical (unpaired) electrons. The van der Waals surface area contributed by atoms with E-state index in [-0.39, 0.29) is 19.6 Å². The molecular formula is C5H9N7O2. The normalized spacial score (nSPS) is 10.9. The number of hydrogen-bond donors (Lipinski definition) is 2. The molecule has 14 heavy (non-hydrogen) atoms. The Morgan fingerprint density at radius 2 is 2.07 bits per heavy atom. The molecule has 0 amide bonds. The average molecular weight is 199 g/mol. The number of carboxylic acids is 1. The summed E-state index contributed by atoms with van der Waals surface area (Å²) in [5, 5.41) is 17.5. The summed E-state index contributed by atoms with van der Waals surface area (Å²) >= 11 is 0. The zero-order valence-electron chi connectivity index (χ0n) is 7.24. The zero-order valence-corrected chi connectivity index (χ0v) is 7.24. The molecule has 9 nitrogen and oxygen atoms in total. The molecule has 0 aromatic rings. The van der Waals surface area contributed by atoms with E-state index in [0.29, 0.717) is 0 Å². The summed E-state index contributed by atoms with van der Waals surface area (Å²) in [6.07, 6.45) is 0. The molecule has 0 aromatic heterocycles. The first-order chi connectivity index (χ1) is 6.72. The maximum absolute atomic E-state index is 10.5. The zero-order chi connectivity index (χ0) is 10.8. The highest BCUT2D eigenvalue weighted by Gasteiger charge is 2.14. The van der Waals surface area contributed by atoms with Gasteiger partial charge in [-0.2, -0.15) is 0 Å². The van der Waals surface area contributed by atoms with Gasteiger partial charge in [-0.25, -0.2) is 0 Å². The van der Waals surface area contributed by atoms with Gasteiger partial charge in [0.1, 0.15) is 6.04 Å². The first-order valence-corrected chi connectivity index (χ1v) is 3.70. The highest BCUT2D eigenvalue weighted by Crippen LogP contribution is 1.86. The molecule has 0 heterocycles. The lowest BCUT2D eigenvalue weighted by molar-refractivity contribution is -0.139. The summed E-state index contributed by atoms with van der Waals surface area (Å²) < 4.78 is 0. The van der Waals surface area contributed by atoms with E-state index in [9.17, 15) is 4.79 Å². The van der Waals surface area contributed by atoms with Gasteiger partial charge in [-0.05, 0) is 11.1 Å². The molecule has 0 rings (SSSR count). The Morgan fingerprint density at radius 3 is 2.57 bits per heavy atom. The van der Waals surface area contributed by atoms with Crippen LogP contribution in [0.15, 0.2) is 10.2 Å². The van der Waals surface area contributed by atoms with Gasteiger partial charge in [-0.1, -0.05) is 10.2 Å². The van der Waals surface area contributed by atoms with Crippen molar-refractivity contribution in [1.29, 1.82) is 0 Å². The Kier molecular flexibility index (Phi) is 6.62. The van der Waals surface area contributed by atoms with Crippen LogP contribution in [0.5, 0.6) is 0 Å². The van der Waals surface area contributed by atoms with Gasteiger partial charge in [-0.3, -0.25) is 4.79 Å². The molecule has 1 atom stereocenters.